The summed E-state index contributed by atoms with van der Waals surface area (Å²) in [6.07, 6.45) is 1.50. The molecule has 0 radical (unpaired) electrons. The number of aromatic nitrogens is 1. The zero-order chi connectivity index (χ0) is 25.0. The summed E-state index contributed by atoms with van der Waals surface area (Å²) in [5.74, 6) is -2.29. The Morgan fingerprint density at radius 1 is 0.971 bits per heavy atom. The molecule has 3 aromatic carbocycles. The molecule has 0 aliphatic rings. The van der Waals surface area contributed by atoms with Gasteiger partial charge in [-0.2, -0.15) is 0 Å². The lowest BCUT2D eigenvalue weighted by Gasteiger charge is -2.07. The fourth-order valence-corrected chi connectivity index (χ4v) is 5.10. The highest BCUT2D eigenvalue weighted by molar-refractivity contribution is 7.92. The third-order valence-electron chi connectivity index (χ3n) is 5.35. The first kappa shape index (κ1) is 24.2. The number of sulfone groups is 1. The van der Waals surface area contributed by atoms with Gasteiger partial charge in [0.1, 0.15) is 11.6 Å². The van der Waals surface area contributed by atoms with Gasteiger partial charge in [-0.25, -0.2) is 17.6 Å². The fraction of sp³-hybridized carbons (Fsp3) is 0.154. The number of anilines is 1. The number of ether oxygens (including phenoxy) is 1. The van der Waals surface area contributed by atoms with Crippen LogP contribution in [0.15, 0.2) is 83.9 Å². The Morgan fingerprint density at radius 2 is 1.66 bits per heavy atom. The number of esters is 1. The molecule has 0 unspecified atom stereocenters. The third kappa shape index (κ3) is 5.58. The van der Waals surface area contributed by atoms with Crippen molar-refractivity contribution in [1.82, 2.24) is 4.57 Å². The predicted octanol–water partition coefficient (Wildman–Crippen LogP) is 4.42. The average molecular weight is 495 g/mol. The van der Waals surface area contributed by atoms with E-state index in [1.54, 1.807) is 47.9 Å². The molecule has 0 atom stereocenters. The second-order valence-electron chi connectivity index (χ2n) is 7.87. The number of hydrogen-bond acceptors (Lipinski definition) is 5. The van der Waals surface area contributed by atoms with E-state index in [2.05, 4.69) is 5.32 Å². The SMILES string of the molecule is CCOC(=O)c1ccc(NC(=O)CS(=O)(=O)c2cn(Cc3ccc(F)cc3)c3ccccc23)cc1. The first-order valence-corrected chi connectivity index (χ1v) is 12.5. The molecular formula is C26H23FN2O5S. The number of halogens is 1. The minimum Gasteiger partial charge on any atom is -0.462 e. The largest absolute Gasteiger partial charge is 0.462 e. The molecule has 0 bridgehead atoms. The van der Waals surface area contributed by atoms with E-state index < -0.39 is 27.5 Å². The van der Waals surface area contributed by atoms with Crippen LogP contribution in [0.2, 0.25) is 0 Å². The van der Waals surface area contributed by atoms with Gasteiger partial charge in [-0.05, 0) is 55.0 Å². The van der Waals surface area contributed by atoms with E-state index in [-0.39, 0.29) is 17.3 Å². The molecule has 0 aliphatic heterocycles. The van der Waals surface area contributed by atoms with Crippen LogP contribution in [0.4, 0.5) is 10.1 Å². The van der Waals surface area contributed by atoms with E-state index in [0.717, 1.165) is 5.56 Å². The molecule has 0 spiro atoms. The monoisotopic (exact) mass is 494 g/mol. The van der Waals surface area contributed by atoms with Gasteiger partial charge in [0.15, 0.2) is 9.84 Å². The maximum atomic E-state index is 13.3. The van der Waals surface area contributed by atoms with Crippen molar-refractivity contribution in [3.63, 3.8) is 0 Å². The quantitative estimate of drug-likeness (QED) is 0.366. The molecule has 9 heteroatoms. The molecule has 0 saturated carbocycles. The standard InChI is InChI=1S/C26H23FN2O5S/c1-2-34-26(31)19-9-13-21(14-10-19)28-25(30)17-35(32,33)24-16-29(23-6-4-3-5-22(23)24)15-18-7-11-20(27)12-8-18/h3-14,16H,2,15,17H2,1H3,(H,28,30). The minimum atomic E-state index is -3.98. The van der Waals surface area contributed by atoms with Crippen LogP contribution in [-0.4, -0.2) is 37.2 Å². The van der Waals surface area contributed by atoms with Crippen molar-refractivity contribution < 1.29 is 27.1 Å². The fourth-order valence-electron chi connectivity index (χ4n) is 3.73. The summed E-state index contributed by atoms with van der Waals surface area (Å²) in [6, 6.07) is 19.0. The number of nitrogens with zero attached hydrogens (tertiary/aromatic N) is 1. The van der Waals surface area contributed by atoms with E-state index in [1.807, 2.05) is 0 Å². The number of hydrogen-bond donors (Lipinski definition) is 1. The van der Waals surface area contributed by atoms with E-state index in [1.165, 1.54) is 42.6 Å². The van der Waals surface area contributed by atoms with Gasteiger partial charge in [0.25, 0.3) is 0 Å². The van der Waals surface area contributed by atoms with Gasteiger partial charge in [0.05, 0.1) is 17.1 Å². The van der Waals surface area contributed by atoms with Crippen LogP contribution in [0.25, 0.3) is 10.9 Å². The Labute approximate surface area is 202 Å². The smallest absolute Gasteiger partial charge is 0.338 e. The molecule has 35 heavy (non-hydrogen) atoms. The average Bonchev–Trinajstić information content (AvgIpc) is 3.20. The number of benzene rings is 3. The van der Waals surface area contributed by atoms with Crippen LogP contribution in [-0.2, 0) is 25.9 Å². The molecule has 4 rings (SSSR count). The number of rotatable bonds is 8. The summed E-state index contributed by atoms with van der Waals surface area (Å²) >= 11 is 0. The lowest BCUT2D eigenvalue weighted by Crippen LogP contribution is -2.23. The summed E-state index contributed by atoms with van der Waals surface area (Å²) in [4.78, 5) is 24.4. The maximum Gasteiger partial charge on any atom is 0.338 e. The van der Waals surface area contributed by atoms with Gasteiger partial charge in [-0.3, -0.25) is 4.79 Å². The maximum absolute atomic E-state index is 13.3. The van der Waals surface area contributed by atoms with Crippen molar-refractivity contribution in [2.75, 3.05) is 17.7 Å². The lowest BCUT2D eigenvalue weighted by molar-refractivity contribution is -0.113. The Bertz CT molecular complexity index is 1480. The number of para-hydroxylation sites is 1. The highest BCUT2D eigenvalue weighted by Crippen LogP contribution is 2.27. The lowest BCUT2D eigenvalue weighted by atomic mass is 10.2. The van der Waals surface area contributed by atoms with Crippen molar-refractivity contribution in [1.29, 1.82) is 0 Å². The molecule has 0 saturated heterocycles. The highest BCUT2D eigenvalue weighted by atomic mass is 32.2. The molecule has 0 fully saturated rings. The summed E-state index contributed by atoms with van der Waals surface area (Å²) in [5, 5.41) is 3.05. The second-order valence-corrected chi connectivity index (χ2v) is 9.83. The van der Waals surface area contributed by atoms with Crippen LogP contribution in [0.1, 0.15) is 22.8 Å². The topological polar surface area (TPSA) is 94.5 Å². The van der Waals surface area contributed by atoms with Crippen LogP contribution >= 0.6 is 0 Å². The van der Waals surface area contributed by atoms with Gasteiger partial charge in [-0.15, -0.1) is 0 Å². The Hall–Kier alpha value is -3.98. The summed E-state index contributed by atoms with van der Waals surface area (Å²) < 4.78 is 46.3. The normalized spacial score (nSPS) is 11.4. The van der Waals surface area contributed by atoms with E-state index in [4.69, 9.17) is 4.74 Å². The molecule has 1 aromatic heterocycles. The van der Waals surface area contributed by atoms with Crippen LogP contribution in [0, 0.1) is 5.82 Å². The van der Waals surface area contributed by atoms with Crippen molar-refractivity contribution >= 4 is 38.3 Å². The van der Waals surface area contributed by atoms with Crippen molar-refractivity contribution in [2.24, 2.45) is 0 Å². The van der Waals surface area contributed by atoms with Crippen LogP contribution < -0.4 is 5.32 Å². The number of carbonyl (C=O) groups excluding carboxylic acids is 2. The van der Waals surface area contributed by atoms with E-state index >= 15 is 0 Å². The number of nitrogens with one attached hydrogen (secondary N) is 1. The Kier molecular flexibility index (Phi) is 6.97. The number of fused-ring (bicyclic) bond motifs is 1. The Morgan fingerprint density at radius 3 is 2.34 bits per heavy atom. The summed E-state index contributed by atoms with van der Waals surface area (Å²) in [5.41, 5.74) is 2.17. The molecule has 4 aromatic rings. The van der Waals surface area contributed by atoms with Gasteiger partial charge >= 0.3 is 5.97 Å². The summed E-state index contributed by atoms with van der Waals surface area (Å²) in [7, 11) is -3.98. The Balaban J connectivity index is 1.53. The zero-order valence-electron chi connectivity index (χ0n) is 18.9. The molecule has 180 valence electrons. The van der Waals surface area contributed by atoms with Crippen molar-refractivity contribution in [3.8, 4) is 0 Å². The molecule has 1 N–H and O–H groups in total. The van der Waals surface area contributed by atoms with Gasteiger partial charge in [0.2, 0.25) is 5.91 Å². The second kappa shape index (κ2) is 10.1. The number of amides is 1. The van der Waals surface area contributed by atoms with E-state index in [9.17, 15) is 22.4 Å². The minimum absolute atomic E-state index is 0.0445. The highest BCUT2D eigenvalue weighted by Gasteiger charge is 2.24. The van der Waals surface area contributed by atoms with Crippen molar-refractivity contribution in [3.05, 3.63) is 95.9 Å². The van der Waals surface area contributed by atoms with Crippen LogP contribution in [0.5, 0.6) is 0 Å². The molecule has 0 aliphatic carbocycles. The van der Waals surface area contributed by atoms with Gasteiger partial charge in [-0.1, -0.05) is 30.3 Å². The first-order chi connectivity index (χ1) is 16.8. The predicted molar refractivity (Wildman–Crippen MR) is 131 cm³/mol. The van der Waals surface area contributed by atoms with Crippen molar-refractivity contribution in [2.45, 2.75) is 18.4 Å². The number of carbonyl (C=O) groups is 2. The zero-order valence-corrected chi connectivity index (χ0v) is 19.7. The molecule has 7 nitrogen and oxygen atoms in total. The molecule has 1 heterocycles. The molecule has 1 amide bonds. The summed E-state index contributed by atoms with van der Waals surface area (Å²) in [6.45, 7) is 2.29. The first-order valence-electron chi connectivity index (χ1n) is 10.9. The van der Waals surface area contributed by atoms with Crippen LogP contribution in [0.3, 0.4) is 0 Å². The molecular weight excluding hydrogens is 471 g/mol. The van der Waals surface area contributed by atoms with Gasteiger partial charge in [0, 0.05) is 29.3 Å². The van der Waals surface area contributed by atoms with E-state index in [0.29, 0.717) is 28.7 Å². The van der Waals surface area contributed by atoms with Gasteiger partial charge < -0.3 is 14.6 Å². The third-order valence-corrected chi connectivity index (χ3v) is 6.99.